The molecular weight excluding hydrogens is 260 g/mol. The first-order valence-corrected chi connectivity index (χ1v) is 5.86. The van der Waals surface area contributed by atoms with Crippen molar-refractivity contribution in [2.24, 2.45) is 0 Å². The van der Waals surface area contributed by atoms with Crippen molar-refractivity contribution in [1.29, 1.82) is 0 Å². The van der Waals surface area contributed by atoms with Crippen LogP contribution in [0, 0.1) is 10.1 Å². The lowest BCUT2D eigenvalue weighted by atomic mass is 10.2. The molecule has 2 aromatic carbocycles. The van der Waals surface area contributed by atoms with Gasteiger partial charge in [-0.05, 0) is 18.2 Å². The minimum Gasteiger partial charge on any atom is -0.350 e. The van der Waals surface area contributed by atoms with Crippen LogP contribution >= 0.6 is 0 Å². The first kappa shape index (κ1) is 12.0. The summed E-state index contributed by atoms with van der Waals surface area (Å²) in [5.74, 6) is 0. The van der Waals surface area contributed by atoms with Gasteiger partial charge in [0.1, 0.15) is 5.69 Å². The number of anilines is 2. The molecule has 3 rings (SSSR count). The number of nitro benzene ring substituents is 1. The van der Waals surface area contributed by atoms with E-state index in [1.807, 2.05) is 18.2 Å². The number of nitrogens with one attached hydrogen (secondary N) is 3. The van der Waals surface area contributed by atoms with Crippen LogP contribution < -0.4 is 11.0 Å². The molecule has 0 amide bonds. The van der Waals surface area contributed by atoms with E-state index in [0.29, 0.717) is 16.7 Å². The molecule has 0 saturated carbocycles. The van der Waals surface area contributed by atoms with Crippen molar-refractivity contribution in [3.8, 4) is 0 Å². The Hall–Kier alpha value is -3.09. The molecule has 3 aromatic rings. The van der Waals surface area contributed by atoms with E-state index in [1.54, 1.807) is 18.2 Å². The van der Waals surface area contributed by atoms with Crippen LogP contribution in [0.15, 0.2) is 47.3 Å². The fraction of sp³-hybridized carbons (Fsp3) is 0. The first-order chi connectivity index (χ1) is 9.63. The van der Waals surface area contributed by atoms with Crippen LogP contribution in [0.2, 0.25) is 0 Å². The predicted molar refractivity (Wildman–Crippen MR) is 75.3 cm³/mol. The second-order valence-electron chi connectivity index (χ2n) is 4.24. The summed E-state index contributed by atoms with van der Waals surface area (Å²) in [6, 6.07) is 12.0. The van der Waals surface area contributed by atoms with Gasteiger partial charge in [0, 0.05) is 11.8 Å². The molecule has 0 atom stereocenters. The van der Waals surface area contributed by atoms with Gasteiger partial charge in [-0.3, -0.25) is 10.1 Å². The number of hydrogen-bond acceptors (Lipinski definition) is 4. The van der Waals surface area contributed by atoms with Gasteiger partial charge in [0.05, 0.1) is 16.0 Å². The number of aromatic amines is 2. The third-order valence-electron chi connectivity index (χ3n) is 2.88. The maximum absolute atomic E-state index is 11.2. The Balaban J connectivity index is 2.14. The van der Waals surface area contributed by atoms with E-state index in [4.69, 9.17) is 0 Å². The number of benzene rings is 2. The van der Waals surface area contributed by atoms with Crippen LogP contribution in [-0.2, 0) is 0 Å². The van der Waals surface area contributed by atoms with Crippen LogP contribution in [0.3, 0.4) is 0 Å². The number of H-pyrrole nitrogens is 2. The predicted octanol–water partition coefficient (Wildman–Crippen LogP) is 2.51. The summed E-state index contributed by atoms with van der Waals surface area (Å²) in [4.78, 5) is 27.0. The lowest BCUT2D eigenvalue weighted by molar-refractivity contribution is -0.383. The zero-order chi connectivity index (χ0) is 14.1. The quantitative estimate of drug-likeness (QED) is 0.502. The van der Waals surface area contributed by atoms with Crippen molar-refractivity contribution in [3.05, 3.63) is 63.1 Å². The number of nitrogens with zero attached hydrogens (tertiary/aromatic N) is 1. The normalized spacial score (nSPS) is 10.6. The van der Waals surface area contributed by atoms with Crippen LogP contribution in [0.5, 0.6) is 0 Å². The van der Waals surface area contributed by atoms with Crippen molar-refractivity contribution >= 4 is 28.1 Å². The Morgan fingerprint density at radius 3 is 2.35 bits per heavy atom. The Labute approximate surface area is 112 Å². The van der Waals surface area contributed by atoms with E-state index >= 15 is 0 Å². The maximum atomic E-state index is 11.2. The molecule has 7 heteroatoms. The molecule has 0 unspecified atom stereocenters. The molecule has 0 radical (unpaired) electrons. The Morgan fingerprint density at radius 1 is 1.05 bits per heavy atom. The van der Waals surface area contributed by atoms with Crippen molar-refractivity contribution in [2.45, 2.75) is 0 Å². The molecule has 0 aliphatic heterocycles. The Kier molecular flexibility index (Phi) is 2.72. The molecule has 1 heterocycles. The van der Waals surface area contributed by atoms with Gasteiger partial charge in [-0.2, -0.15) is 0 Å². The van der Waals surface area contributed by atoms with Gasteiger partial charge in [-0.1, -0.05) is 18.2 Å². The number of rotatable bonds is 3. The fourth-order valence-electron chi connectivity index (χ4n) is 2.00. The molecule has 100 valence electrons. The summed E-state index contributed by atoms with van der Waals surface area (Å²) >= 11 is 0. The minimum absolute atomic E-state index is 0.100. The van der Waals surface area contributed by atoms with Gasteiger partial charge in [0.25, 0.3) is 5.69 Å². The smallest absolute Gasteiger partial charge is 0.323 e. The van der Waals surface area contributed by atoms with Gasteiger partial charge in [-0.25, -0.2) is 4.79 Å². The lowest BCUT2D eigenvalue weighted by Crippen LogP contribution is -1.99. The molecular formula is C13H10N4O3. The van der Waals surface area contributed by atoms with E-state index in [9.17, 15) is 14.9 Å². The van der Waals surface area contributed by atoms with Gasteiger partial charge in [-0.15, -0.1) is 0 Å². The molecule has 7 nitrogen and oxygen atoms in total. The highest BCUT2D eigenvalue weighted by Crippen LogP contribution is 2.30. The zero-order valence-electron chi connectivity index (χ0n) is 10.2. The number of hydrogen-bond donors (Lipinski definition) is 3. The summed E-state index contributed by atoms with van der Waals surface area (Å²) in [5.41, 5.74) is 1.47. The average Bonchev–Trinajstić information content (AvgIpc) is 2.78. The third kappa shape index (κ3) is 2.12. The standard InChI is InChI=1S/C13H10N4O3/c18-13-15-9-6-11(14-8-4-2-1-3-5-8)12(17(19)20)7-10(9)16-13/h1-7,14H,(H2,15,16,18). The van der Waals surface area contributed by atoms with Crippen molar-refractivity contribution in [1.82, 2.24) is 9.97 Å². The molecule has 0 aliphatic carbocycles. The second kappa shape index (κ2) is 4.54. The van der Waals surface area contributed by atoms with Gasteiger partial charge in [0.2, 0.25) is 0 Å². The number of nitro groups is 1. The highest BCUT2D eigenvalue weighted by atomic mass is 16.6. The van der Waals surface area contributed by atoms with Crippen molar-refractivity contribution in [3.63, 3.8) is 0 Å². The van der Waals surface area contributed by atoms with E-state index in [1.165, 1.54) is 6.07 Å². The molecule has 20 heavy (non-hydrogen) atoms. The van der Waals surface area contributed by atoms with Gasteiger partial charge in [0.15, 0.2) is 0 Å². The van der Waals surface area contributed by atoms with E-state index in [0.717, 1.165) is 5.69 Å². The number of fused-ring (bicyclic) bond motifs is 1. The topological polar surface area (TPSA) is 104 Å². The molecule has 1 aromatic heterocycles. The van der Waals surface area contributed by atoms with Crippen molar-refractivity contribution < 1.29 is 4.92 Å². The molecule has 0 fully saturated rings. The highest BCUT2D eigenvalue weighted by molar-refractivity contribution is 5.86. The number of imidazole rings is 1. The minimum atomic E-state index is -0.490. The lowest BCUT2D eigenvalue weighted by Gasteiger charge is -2.07. The summed E-state index contributed by atoms with van der Waals surface area (Å²) in [7, 11) is 0. The Bertz CT molecular complexity index is 836. The monoisotopic (exact) mass is 270 g/mol. The number of para-hydroxylation sites is 1. The molecule has 0 aliphatic rings. The van der Waals surface area contributed by atoms with E-state index in [-0.39, 0.29) is 5.69 Å². The van der Waals surface area contributed by atoms with Crippen molar-refractivity contribution in [2.75, 3.05) is 5.32 Å². The van der Waals surface area contributed by atoms with Crippen LogP contribution in [0.25, 0.3) is 11.0 Å². The third-order valence-corrected chi connectivity index (χ3v) is 2.88. The zero-order valence-corrected chi connectivity index (χ0v) is 10.2. The summed E-state index contributed by atoms with van der Waals surface area (Å²) in [5, 5.41) is 14.1. The number of aromatic nitrogens is 2. The summed E-state index contributed by atoms with van der Waals surface area (Å²) < 4.78 is 0. The second-order valence-corrected chi connectivity index (χ2v) is 4.24. The van der Waals surface area contributed by atoms with Gasteiger partial charge < -0.3 is 15.3 Å². The first-order valence-electron chi connectivity index (χ1n) is 5.86. The van der Waals surface area contributed by atoms with Crippen LogP contribution in [0.4, 0.5) is 17.1 Å². The van der Waals surface area contributed by atoms with E-state index < -0.39 is 10.6 Å². The molecule has 0 saturated heterocycles. The largest absolute Gasteiger partial charge is 0.350 e. The summed E-state index contributed by atoms with van der Waals surface area (Å²) in [6.45, 7) is 0. The Morgan fingerprint density at radius 2 is 1.70 bits per heavy atom. The highest BCUT2D eigenvalue weighted by Gasteiger charge is 2.16. The molecule has 0 spiro atoms. The SMILES string of the molecule is O=c1[nH]c2cc(Nc3ccccc3)c([N+](=O)[O-])cc2[nH]1. The fourth-order valence-corrected chi connectivity index (χ4v) is 2.00. The maximum Gasteiger partial charge on any atom is 0.323 e. The van der Waals surface area contributed by atoms with E-state index in [2.05, 4.69) is 15.3 Å². The molecule has 3 N–H and O–H groups in total. The van der Waals surface area contributed by atoms with Gasteiger partial charge >= 0.3 is 5.69 Å². The summed E-state index contributed by atoms with van der Waals surface area (Å²) in [6.07, 6.45) is 0. The molecule has 0 bridgehead atoms. The van der Waals surface area contributed by atoms with Crippen LogP contribution in [-0.4, -0.2) is 14.9 Å². The average molecular weight is 270 g/mol. The van der Waals surface area contributed by atoms with Crippen LogP contribution in [0.1, 0.15) is 0 Å².